The number of nitrogens with zero attached hydrogens (tertiary/aromatic N) is 2. The summed E-state index contributed by atoms with van der Waals surface area (Å²) in [7, 11) is 1.48. The Morgan fingerprint density at radius 2 is 2.19 bits per heavy atom. The molecule has 2 aromatic rings. The van der Waals surface area contributed by atoms with Crippen LogP contribution in [0.1, 0.15) is 28.7 Å². The molecule has 0 saturated carbocycles. The third kappa shape index (κ3) is 3.16. The molecule has 1 aromatic carbocycles. The third-order valence-corrected chi connectivity index (χ3v) is 3.08. The van der Waals surface area contributed by atoms with Crippen LogP contribution in [0.2, 0.25) is 0 Å². The highest BCUT2D eigenvalue weighted by Crippen LogP contribution is 2.31. The fourth-order valence-electron chi connectivity index (χ4n) is 2.13. The Kier molecular flexibility index (Phi) is 4.47. The average molecular weight is 290 g/mol. The summed E-state index contributed by atoms with van der Waals surface area (Å²) >= 11 is 0. The van der Waals surface area contributed by atoms with Gasteiger partial charge in [0, 0.05) is 6.54 Å². The summed E-state index contributed by atoms with van der Waals surface area (Å²) in [6.07, 6.45) is 0. The van der Waals surface area contributed by atoms with E-state index in [0.717, 1.165) is 17.9 Å². The van der Waals surface area contributed by atoms with E-state index in [1.807, 2.05) is 24.6 Å². The van der Waals surface area contributed by atoms with Crippen molar-refractivity contribution in [1.82, 2.24) is 9.78 Å². The smallest absolute Gasteiger partial charge is 0.339 e. The Bertz CT molecular complexity index is 649. The van der Waals surface area contributed by atoms with E-state index < -0.39 is 5.97 Å². The van der Waals surface area contributed by atoms with Gasteiger partial charge in [0.1, 0.15) is 12.2 Å². The van der Waals surface area contributed by atoms with Crippen LogP contribution in [0.4, 0.5) is 0 Å². The summed E-state index contributed by atoms with van der Waals surface area (Å²) in [4.78, 5) is 11.3. The van der Waals surface area contributed by atoms with Gasteiger partial charge >= 0.3 is 5.97 Å². The summed E-state index contributed by atoms with van der Waals surface area (Å²) in [5, 5.41) is 13.6. The van der Waals surface area contributed by atoms with Crippen LogP contribution < -0.4 is 9.47 Å². The number of hydrogen-bond acceptors (Lipinski definition) is 4. The number of ether oxygens (including phenoxy) is 2. The molecular formula is C15H18N2O4. The lowest BCUT2D eigenvalue weighted by molar-refractivity contribution is 0.0690. The highest BCUT2D eigenvalue weighted by Gasteiger charge is 2.17. The minimum absolute atomic E-state index is 0.0774. The Hall–Kier alpha value is -2.50. The van der Waals surface area contributed by atoms with Crippen LogP contribution in [0.3, 0.4) is 0 Å². The van der Waals surface area contributed by atoms with Crippen LogP contribution in [0.15, 0.2) is 24.3 Å². The fraction of sp³-hybridized carbons (Fsp3) is 0.333. The first-order valence-corrected chi connectivity index (χ1v) is 6.63. The van der Waals surface area contributed by atoms with Gasteiger partial charge in [-0.3, -0.25) is 4.68 Å². The number of carbonyl (C=O) groups is 1. The van der Waals surface area contributed by atoms with E-state index >= 15 is 0 Å². The molecule has 0 fully saturated rings. The van der Waals surface area contributed by atoms with Crippen molar-refractivity contribution in [2.75, 3.05) is 7.11 Å². The molecule has 0 aliphatic heterocycles. The van der Waals surface area contributed by atoms with Crippen molar-refractivity contribution in [2.24, 2.45) is 0 Å². The molecule has 0 aliphatic rings. The zero-order valence-electron chi connectivity index (χ0n) is 12.3. The second-order valence-corrected chi connectivity index (χ2v) is 4.52. The van der Waals surface area contributed by atoms with Crippen LogP contribution in [0.25, 0.3) is 0 Å². The molecular weight excluding hydrogens is 272 g/mol. The van der Waals surface area contributed by atoms with E-state index in [1.54, 1.807) is 12.1 Å². The molecule has 0 unspecified atom stereocenters. The zero-order chi connectivity index (χ0) is 15.4. The number of rotatable bonds is 6. The van der Waals surface area contributed by atoms with Crippen molar-refractivity contribution in [2.45, 2.75) is 27.0 Å². The second-order valence-electron chi connectivity index (χ2n) is 4.52. The molecule has 0 amide bonds. The van der Waals surface area contributed by atoms with Crippen LogP contribution in [-0.4, -0.2) is 28.0 Å². The van der Waals surface area contributed by atoms with Crippen molar-refractivity contribution in [1.29, 1.82) is 0 Å². The summed E-state index contributed by atoms with van der Waals surface area (Å²) in [6.45, 7) is 4.85. The minimum Gasteiger partial charge on any atom is -0.493 e. The minimum atomic E-state index is -1.05. The number of carboxylic acid groups (broad SMARTS) is 1. The molecule has 2 rings (SSSR count). The number of carboxylic acids is 1. The van der Waals surface area contributed by atoms with Gasteiger partial charge in [0.15, 0.2) is 11.5 Å². The number of methoxy groups -OCH3 is 1. The van der Waals surface area contributed by atoms with Gasteiger partial charge in [-0.1, -0.05) is 6.07 Å². The third-order valence-electron chi connectivity index (χ3n) is 3.08. The van der Waals surface area contributed by atoms with Gasteiger partial charge in [0.05, 0.1) is 18.5 Å². The topological polar surface area (TPSA) is 73.6 Å². The molecule has 6 nitrogen and oxygen atoms in total. The Morgan fingerprint density at radius 1 is 1.43 bits per heavy atom. The second kappa shape index (κ2) is 6.30. The van der Waals surface area contributed by atoms with Crippen LogP contribution in [0, 0.1) is 6.92 Å². The van der Waals surface area contributed by atoms with Gasteiger partial charge in [-0.25, -0.2) is 4.79 Å². The lowest BCUT2D eigenvalue weighted by Crippen LogP contribution is -2.09. The molecule has 112 valence electrons. The van der Waals surface area contributed by atoms with E-state index in [9.17, 15) is 9.90 Å². The fourth-order valence-corrected chi connectivity index (χ4v) is 2.13. The van der Waals surface area contributed by atoms with Gasteiger partial charge in [0.2, 0.25) is 0 Å². The van der Waals surface area contributed by atoms with E-state index in [4.69, 9.17) is 9.47 Å². The van der Waals surface area contributed by atoms with Gasteiger partial charge in [-0.2, -0.15) is 5.10 Å². The van der Waals surface area contributed by atoms with Gasteiger partial charge in [0.25, 0.3) is 0 Å². The maximum Gasteiger partial charge on any atom is 0.339 e. The quantitative estimate of drug-likeness (QED) is 0.884. The Labute approximate surface area is 122 Å². The molecule has 0 saturated heterocycles. The molecule has 0 atom stereocenters. The lowest BCUT2D eigenvalue weighted by atomic mass is 10.2. The first-order chi connectivity index (χ1) is 10.1. The predicted molar refractivity (Wildman–Crippen MR) is 76.9 cm³/mol. The van der Waals surface area contributed by atoms with E-state index in [-0.39, 0.29) is 17.9 Å². The molecule has 0 spiro atoms. The summed E-state index contributed by atoms with van der Waals surface area (Å²) in [5.41, 5.74) is 1.86. The molecule has 1 N–H and O–H groups in total. The number of hydrogen-bond donors (Lipinski definition) is 1. The maximum atomic E-state index is 11.3. The van der Waals surface area contributed by atoms with Crippen molar-refractivity contribution in [3.63, 3.8) is 0 Å². The van der Waals surface area contributed by atoms with Gasteiger partial charge in [-0.05, 0) is 32.0 Å². The largest absolute Gasteiger partial charge is 0.493 e. The van der Waals surface area contributed by atoms with Crippen LogP contribution in [0.5, 0.6) is 11.5 Å². The summed E-state index contributed by atoms with van der Waals surface area (Å²) in [5.74, 6) is -0.424. The molecule has 1 heterocycles. The monoisotopic (exact) mass is 290 g/mol. The van der Waals surface area contributed by atoms with Gasteiger partial charge in [-0.15, -0.1) is 0 Å². The first-order valence-electron chi connectivity index (χ1n) is 6.63. The lowest BCUT2D eigenvalue weighted by Gasteiger charge is -2.13. The van der Waals surface area contributed by atoms with Crippen molar-refractivity contribution >= 4 is 5.97 Å². The van der Waals surface area contributed by atoms with E-state index in [1.165, 1.54) is 13.2 Å². The molecule has 0 aliphatic carbocycles. The number of aromatic carboxylic acids is 1. The summed E-state index contributed by atoms with van der Waals surface area (Å²) < 4.78 is 12.7. The summed E-state index contributed by atoms with van der Waals surface area (Å²) in [6, 6.07) is 6.70. The molecule has 6 heteroatoms. The normalized spacial score (nSPS) is 10.4. The first kappa shape index (κ1) is 14.9. The number of aromatic nitrogens is 2. The molecule has 1 aromatic heterocycles. The highest BCUT2D eigenvalue weighted by molar-refractivity contribution is 5.92. The molecule has 21 heavy (non-hydrogen) atoms. The number of aryl methyl sites for hydroxylation is 2. The predicted octanol–water partition coefficient (Wildman–Crippen LogP) is 2.50. The number of benzene rings is 1. The molecule has 0 bridgehead atoms. The van der Waals surface area contributed by atoms with E-state index in [2.05, 4.69) is 5.10 Å². The van der Waals surface area contributed by atoms with Crippen LogP contribution in [-0.2, 0) is 13.2 Å². The Morgan fingerprint density at radius 3 is 2.81 bits per heavy atom. The van der Waals surface area contributed by atoms with E-state index in [0.29, 0.717) is 5.75 Å². The van der Waals surface area contributed by atoms with Crippen molar-refractivity contribution in [3.8, 4) is 11.5 Å². The maximum absolute atomic E-state index is 11.3. The standard InChI is InChI=1S/C15H18N2O4/c1-4-17-11(8-10(2)16-17)9-21-14-12(15(18)19)6-5-7-13(14)20-3/h5-8H,4,9H2,1-3H3,(H,18,19). The molecule has 0 radical (unpaired) electrons. The Balaban J connectivity index is 2.28. The zero-order valence-corrected chi connectivity index (χ0v) is 12.3. The van der Waals surface area contributed by atoms with Crippen molar-refractivity contribution in [3.05, 3.63) is 41.2 Å². The number of para-hydroxylation sites is 1. The van der Waals surface area contributed by atoms with Crippen LogP contribution >= 0.6 is 0 Å². The highest BCUT2D eigenvalue weighted by atomic mass is 16.5. The SMILES string of the molecule is CCn1nc(C)cc1COc1c(OC)cccc1C(=O)O. The van der Waals surface area contributed by atoms with Crippen molar-refractivity contribution < 1.29 is 19.4 Å². The average Bonchev–Trinajstić information content (AvgIpc) is 2.84. The van der Waals surface area contributed by atoms with Gasteiger partial charge < -0.3 is 14.6 Å².